The van der Waals surface area contributed by atoms with Gasteiger partial charge in [-0.2, -0.15) is 0 Å². The number of ether oxygens (including phenoxy) is 4. The number of aryl methyl sites for hydroxylation is 1. The molecule has 1 aliphatic heterocycles. The molecule has 0 fully saturated rings. The second-order valence-electron chi connectivity index (χ2n) is 11.0. The van der Waals surface area contributed by atoms with Gasteiger partial charge in [0.25, 0.3) is 11.8 Å². The summed E-state index contributed by atoms with van der Waals surface area (Å²) in [7, 11) is 5.96. The topological polar surface area (TPSA) is 111 Å². The van der Waals surface area contributed by atoms with Crippen LogP contribution in [0.4, 0.5) is 11.4 Å². The average Bonchev–Trinajstić information content (AvgIpc) is 3.16. The normalized spacial score (nSPS) is 14.4. The predicted molar refractivity (Wildman–Crippen MR) is 186 cm³/mol. The Labute approximate surface area is 285 Å². The van der Waals surface area contributed by atoms with Gasteiger partial charge in [0.1, 0.15) is 0 Å². The Morgan fingerprint density at radius 1 is 0.792 bits per heavy atom. The molecular formula is C38H38N4O6. The van der Waals surface area contributed by atoms with Gasteiger partial charge < -0.3 is 29.6 Å². The number of nitrogens with one attached hydrogen (secondary N) is 2. The standard InChI is InChI=1S/C38H38N4O6/c1-45-33-18-25-14-16-42(23-28(25)19-34(33)46-2)15-13-24-9-11-29(12-10-24)40-38(44)30-20-35(47-3)36(48-4)21-32(30)41-37(43)27-17-26-7-5-6-8-31(26)39-22-27/h5-12,17-22H,13-16,23H2,1-4H3,(H,40,44)(H,41,43)/i13D2,15D2. The Bertz CT molecular complexity index is 2150. The molecule has 2 heterocycles. The minimum absolute atomic E-state index is 0.0788. The predicted octanol–water partition coefficient (Wildman–Crippen LogP) is 6.37. The van der Waals surface area contributed by atoms with Gasteiger partial charge in [0.2, 0.25) is 0 Å². The summed E-state index contributed by atoms with van der Waals surface area (Å²) in [5, 5.41) is 6.37. The third kappa shape index (κ3) is 7.03. The molecule has 10 heteroatoms. The fourth-order valence-electron chi connectivity index (χ4n) is 5.52. The van der Waals surface area contributed by atoms with E-state index >= 15 is 0 Å². The van der Waals surface area contributed by atoms with Gasteiger partial charge in [-0.15, -0.1) is 0 Å². The summed E-state index contributed by atoms with van der Waals surface area (Å²) in [6, 6.07) is 21.6. The number of aromatic nitrogens is 1. The molecule has 4 aromatic carbocycles. The quantitative estimate of drug-likeness (QED) is 0.170. The zero-order chi connectivity index (χ0) is 37.2. The number of fused-ring (bicyclic) bond motifs is 2. The average molecular weight is 651 g/mol. The molecule has 0 spiro atoms. The SMILES string of the molecule is [2H]C([2H])(c1ccc(NC(=O)c2cc(OC)c(OC)cc2NC(=O)c2cnc3ccccc3c2)cc1)C([2H])([2H])N1CCc2cc(OC)c(OC)cc2C1. The first kappa shape index (κ1) is 27.5. The summed E-state index contributed by atoms with van der Waals surface area (Å²) in [4.78, 5) is 32.9. The number of pyridine rings is 1. The van der Waals surface area contributed by atoms with E-state index in [9.17, 15) is 9.59 Å². The highest BCUT2D eigenvalue weighted by atomic mass is 16.5. The lowest BCUT2D eigenvalue weighted by atomic mass is 9.98. The molecule has 2 N–H and O–H groups in total. The van der Waals surface area contributed by atoms with Gasteiger partial charge in [-0.3, -0.25) is 19.5 Å². The number of rotatable bonds is 11. The highest BCUT2D eigenvalue weighted by Crippen LogP contribution is 2.35. The van der Waals surface area contributed by atoms with Gasteiger partial charge in [0, 0.05) is 48.4 Å². The lowest BCUT2D eigenvalue weighted by Gasteiger charge is -2.29. The maximum atomic E-state index is 13.7. The van der Waals surface area contributed by atoms with Gasteiger partial charge in [0.05, 0.1) is 50.8 Å². The van der Waals surface area contributed by atoms with Crippen LogP contribution in [0.5, 0.6) is 23.0 Å². The molecule has 6 rings (SSSR count). The maximum Gasteiger partial charge on any atom is 0.257 e. The van der Waals surface area contributed by atoms with E-state index in [-0.39, 0.29) is 29.1 Å². The van der Waals surface area contributed by atoms with Crippen molar-refractivity contribution < 1.29 is 34.0 Å². The minimum atomic E-state index is -2.43. The van der Waals surface area contributed by atoms with Crippen molar-refractivity contribution in [3.63, 3.8) is 0 Å². The van der Waals surface area contributed by atoms with E-state index < -0.39 is 24.7 Å². The van der Waals surface area contributed by atoms with E-state index in [1.54, 1.807) is 19.2 Å². The molecular weight excluding hydrogens is 608 g/mol. The van der Waals surface area contributed by atoms with Crippen LogP contribution < -0.4 is 29.6 Å². The number of hydrogen-bond donors (Lipinski definition) is 2. The van der Waals surface area contributed by atoms with E-state index in [0.717, 1.165) is 22.0 Å². The van der Waals surface area contributed by atoms with Crippen molar-refractivity contribution in [2.24, 2.45) is 0 Å². The smallest absolute Gasteiger partial charge is 0.257 e. The molecule has 48 heavy (non-hydrogen) atoms. The minimum Gasteiger partial charge on any atom is -0.493 e. The van der Waals surface area contributed by atoms with Crippen LogP contribution in [0, 0.1) is 0 Å². The number of nitrogens with zero attached hydrogens (tertiary/aromatic N) is 2. The monoisotopic (exact) mass is 650 g/mol. The van der Waals surface area contributed by atoms with Gasteiger partial charge in [-0.05, 0) is 71.9 Å². The molecule has 0 bridgehead atoms. The molecule has 0 radical (unpaired) electrons. The van der Waals surface area contributed by atoms with E-state index in [0.29, 0.717) is 41.5 Å². The number of hydrogen-bond acceptors (Lipinski definition) is 8. The van der Waals surface area contributed by atoms with Crippen LogP contribution in [0.3, 0.4) is 0 Å². The van der Waals surface area contributed by atoms with E-state index in [1.807, 2.05) is 30.3 Å². The van der Waals surface area contributed by atoms with Crippen molar-refractivity contribution in [1.82, 2.24) is 9.88 Å². The lowest BCUT2D eigenvalue weighted by molar-refractivity contribution is 0.102. The summed E-state index contributed by atoms with van der Waals surface area (Å²) in [6.07, 6.45) is -0.463. The Morgan fingerprint density at radius 2 is 1.46 bits per heavy atom. The zero-order valence-electron chi connectivity index (χ0n) is 31.0. The highest BCUT2D eigenvalue weighted by molar-refractivity contribution is 6.13. The highest BCUT2D eigenvalue weighted by Gasteiger charge is 2.21. The van der Waals surface area contributed by atoms with E-state index in [4.69, 9.17) is 24.4 Å². The first-order chi connectivity index (χ1) is 24.9. The number of carbonyl (C=O) groups excluding carboxylic acids is 2. The summed E-state index contributed by atoms with van der Waals surface area (Å²) in [5.41, 5.74) is 3.51. The van der Waals surface area contributed by atoms with Crippen LogP contribution in [0.25, 0.3) is 10.9 Å². The molecule has 0 aliphatic carbocycles. The molecule has 2 amide bonds. The third-order valence-electron chi connectivity index (χ3n) is 8.09. The van der Waals surface area contributed by atoms with Crippen LogP contribution in [0.1, 0.15) is 42.9 Å². The second kappa shape index (κ2) is 14.4. The van der Waals surface area contributed by atoms with E-state index in [2.05, 4.69) is 15.6 Å². The Kier molecular flexibility index (Phi) is 8.27. The lowest BCUT2D eigenvalue weighted by Crippen LogP contribution is -2.32. The van der Waals surface area contributed by atoms with Crippen molar-refractivity contribution >= 4 is 34.1 Å². The molecule has 246 valence electrons. The molecule has 0 saturated heterocycles. The van der Waals surface area contributed by atoms with Crippen molar-refractivity contribution in [2.75, 3.05) is 52.1 Å². The van der Waals surface area contributed by atoms with E-state index in [1.165, 1.54) is 68.8 Å². The Balaban J connectivity index is 1.21. The second-order valence-corrected chi connectivity index (χ2v) is 11.0. The molecule has 10 nitrogen and oxygen atoms in total. The fraction of sp³-hybridized carbons (Fsp3) is 0.237. The molecule has 1 aromatic heterocycles. The molecule has 0 unspecified atom stereocenters. The van der Waals surface area contributed by atoms with Gasteiger partial charge in [-0.1, -0.05) is 30.3 Å². The number of para-hydroxylation sites is 1. The van der Waals surface area contributed by atoms with Crippen molar-refractivity contribution in [2.45, 2.75) is 19.3 Å². The largest absolute Gasteiger partial charge is 0.493 e. The first-order valence-corrected chi connectivity index (χ1v) is 15.2. The number of carbonyl (C=O) groups is 2. The maximum absolute atomic E-state index is 13.7. The molecule has 0 saturated carbocycles. The molecule has 5 aromatic rings. The summed E-state index contributed by atoms with van der Waals surface area (Å²) in [5.74, 6) is 0.596. The van der Waals surface area contributed by atoms with Crippen LogP contribution in [-0.2, 0) is 19.3 Å². The third-order valence-corrected chi connectivity index (χ3v) is 8.09. The number of anilines is 2. The summed E-state index contributed by atoms with van der Waals surface area (Å²) >= 11 is 0. The van der Waals surface area contributed by atoms with Crippen molar-refractivity contribution in [3.8, 4) is 23.0 Å². The summed E-state index contributed by atoms with van der Waals surface area (Å²) < 4.78 is 57.4. The number of methoxy groups -OCH3 is 4. The molecule has 1 aliphatic rings. The van der Waals surface area contributed by atoms with Gasteiger partial charge >= 0.3 is 0 Å². The Morgan fingerprint density at radius 3 is 2.19 bits per heavy atom. The summed E-state index contributed by atoms with van der Waals surface area (Å²) in [6.45, 7) is -1.92. The van der Waals surface area contributed by atoms with Crippen LogP contribution >= 0.6 is 0 Å². The van der Waals surface area contributed by atoms with Crippen LogP contribution in [0.15, 0.2) is 85.1 Å². The van der Waals surface area contributed by atoms with Crippen molar-refractivity contribution in [1.29, 1.82) is 0 Å². The molecule has 0 atom stereocenters. The van der Waals surface area contributed by atoms with Crippen LogP contribution in [0.2, 0.25) is 0 Å². The van der Waals surface area contributed by atoms with Gasteiger partial charge in [-0.25, -0.2) is 0 Å². The number of benzene rings is 4. The van der Waals surface area contributed by atoms with Crippen molar-refractivity contribution in [3.05, 3.63) is 113 Å². The number of amides is 2. The Hall–Kier alpha value is -5.61. The van der Waals surface area contributed by atoms with Gasteiger partial charge in [0.15, 0.2) is 23.0 Å². The zero-order valence-corrected chi connectivity index (χ0v) is 27.0. The van der Waals surface area contributed by atoms with Crippen LogP contribution in [-0.4, -0.2) is 63.2 Å². The first-order valence-electron chi connectivity index (χ1n) is 17.2. The fourth-order valence-corrected chi connectivity index (χ4v) is 5.52.